The first kappa shape index (κ1) is 12.0. The molecule has 0 aliphatic rings. The summed E-state index contributed by atoms with van der Waals surface area (Å²) in [6.07, 6.45) is 0. The third-order valence-electron chi connectivity index (χ3n) is 3.26. The first-order valence-electron chi connectivity index (χ1n) is 5.63. The fraction of sp³-hybridized carbons (Fsp3) is 0.143. The Labute approximate surface area is 102 Å². The Morgan fingerprint density at radius 2 is 1.12 bits per heavy atom. The van der Waals surface area contributed by atoms with Gasteiger partial charge < -0.3 is 10.2 Å². The second-order valence-electron chi connectivity index (χ2n) is 4.31. The zero-order valence-corrected chi connectivity index (χ0v) is 10.7. The molecule has 0 saturated heterocycles. The van der Waals surface area contributed by atoms with Crippen LogP contribution in [0.3, 0.4) is 0 Å². The van der Waals surface area contributed by atoms with Gasteiger partial charge in [-0.25, -0.2) is 0 Å². The highest BCUT2D eigenvalue weighted by Crippen LogP contribution is 2.08. The topological polar surface area (TPSA) is 40.5 Å². The summed E-state index contributed by atoms with van der Waals surface area (Å²) in [7, 11) is -2.47. The molecule has 0 aliphatic heterocycles. The van der Waals surface area contributed by atoms with E-state index in [1.54, 1.807) is 0 Å². The van der Waals surface area contributed by atoms with E-state index in [0.717, 1.165) is 10.4 Å². The number of benzene rings is 2. The van der Waals surface area contributed by atoms with Gasteiger partial charge in [-0.1, -0.05) is 67.2 Å². The van der Waals surface area contributed by atoms with Gasteiger partial charge in [0.05, 0.1) is 0 Å². The molecule has 88 valence electrons. The number of hydrogen-bond acceptors (Lipinski definition) is 2. The highest BCUT2D eigenvalue weighted by atomic mass is 28.3. The van der Waals surface area contributed by atoms with Crippen LogP contribution in [0.1, 0.15) is 0 Å². The van der Waals surface area contributed by atoms with Gasteiger partial charge >= 0.3 is 0 Å². The molecule has 0 saturated carbocycles. The van der Waals surface area contributed by atoms with Crippen LogP contribution in [0.25, 0.3) is 0 Å². The minimum atomic E-state index is -2.47. The Morgan fingerprint density at radius 1 is 0.765 bits per heavy atom. The van der Waals surface area contributed by atoms with Crippen molar-refractivity contribution in [2.24, 2.45) is 0 Å². The smallest absolute Gasteiger partial charge is 0.178 e. The molecule has 2 N–H and O–H groups in total. The zero-order valence-electron chi connectivity index (χ0n) is 9.75. The van der Waals surface area contributed by atoms with Crippen LogP contribution in [0.2, 0.25) is 6.55 Å². The number of hydrogen-bond donors (Lipinski definition) is 2. The fourth-order valence-corrected chi connectivity index (χ4v) is 4.73. The maximum atomic E-state index is 9.80. The van der Waals surface area contributed by atoms with Gasteiger partial charge in [0, 0.05) is 0 Å². The molecule has 2 nitrogen and oxygen atoms in total. The summed E-state index contributed by atoms with van der Waals surface area (Å²) in [5.74, 6) is -1.30. The number of aliphatic hydroxyl groups excluding tert-OH is 1. The van der Waals surface area contributed by atoms with Crippen LogP contribution in [-0.4, -0.2) is 24.2 Å². The minimum Gasteiger partial charge on any atom is -0.371 e. The summed E-state index contributed by atoms with van der Waals surface area (Å²) >= 11 is 0. The summed E-state index contributed by atoms with van der Waals surface area (Å²) in [5, 5.41) is 21.6. The van der Waals surface area contributed by atoms with E-state index in [1.165, 1.54) is 0 Å². The second kappa shape index (κ2) is 4.83. The van der Waals surface area contributed by atoms with Crippen molar-refractivity contribution in [3.8, 4) is 0 Å². The summed E-state index contributed by atoms with van der Waals surface area (Å²) in [6.45, 7) is 1.97. The number of rotatable bonds is 3. The van der Waals surface area contributed by atoms with Crippen LogP contribution in [-0.2, 0) is 0 Å². The van der Waals surface area contributed by atoms with Crippen molar-refractivity contribution in [3.63, 3.8) is 0 Å². The highest BCUT2D eigenvalue weighted by Gasteiger charge is 2.38. The van der Waals surface area contributed by atoms with Crippen LogP contribution in [0.5, 0.6) is 0 Å². The molecule has 0 heterocycles. The summed E-state index contributed by atoms with van der Waals surface area (Å²) in [4.78, 5) is 0. The van der Waals surface area contributed by atoms with Crippen LogP contribution in [0, 0.1) is 0 Å². The first-order valence-corrected chi connectivity index (χ1v) is 8.20. The van der Waals surface area contributed by atoms with Crippen molar-refractivity contribution in [2.45, 2.75) is 12.5 Å². The Bertz CT molecular complexity index is 429. The molecular weight excluding hydrogens is 228 g/mol. The Balaban J connectivity index is 2.55. The number of aliphatic hydroxyl groups is 2. The maximum Gasteiger partial charge on any atom is 0.178 e. The third kappa shape index (κ3) is 2.17. The summed E-state index contributed by atoms with van der Waals surface area (Å²) in [5.41, 5.74) is 0. The SMILES string of the molecule is C[Si](c1ccccc1)(c1ccccc1)C(O)O. The maximum absolute atomic E-state index is 9.80. The van der Waals surface area contributed by atoms with Crippen LogP contribution < -0.4 is 10.4 Å². The zero-order chi connectivity index (χ0) is 12.3. The lowest BCUT2D eigenvalue weighted by molar-refractivity contribution is 0.0244. The average molecular weight is 244 g/mol. The molecule has 0 aliphatic carbocycles. The molecule has 17 heavy (non-hydrogen) atoms. The molecule has 0 spiro atoms. The van der Waals surface area contributed by atoms with E-state index in [2.05, 4.69) is 0 Å². The Morgan fingerprint density at radius 3 is 1.41 bits per heavy atom. The summed E-state index contributed by atoms with van der Waals surface area (Å²) in [6, 6.07) is 19.5. The lowest BCUT2D eigenvalue weighted by atomic mass is 10.4. The second-order valence-corrected chi connectivity index (χ2v) is 8.38. The van der Waals surface area contributed by atoms with Crippen molar-refractivity contribution >= 4 is 18.4 Å². The van der Waals surface area contributed by atoms with Crippen LogP contribution >= 0.6 is 0 Å². The predicted molar refractivity (Wildman–Crippen MR) is 72.0 cm³/mol. The van der Waals surface area contributed by atoms with Gasteiger partial charge in [-0.3, -0.25) is 0 Å². The quantitative estimate of drug-likeness (QED) is 0.617. The van der Waals surface area contributed by atoms with Gasteiger partial charge in [0.15, 0.2) is 8.07 Å². The summed E-state index contributed by atoms with van der Waals surface area (Å²) < 4.78 is 0. The van der Waals surface area contributed by atoms with Crippen molar-refractivity contribution < 1.29 is 10.2 Å². The van der Waals surface area contributed by atoms with Crippen molar-refractivity contribution in [1.29, 1.82) is 0 Å². The Kier molecular flexibility index (Phi) is 3.42. The van der Waals surface area contributed by atoms with E-state index in [1.807, 2.05) is 67.2 Å². The largest absolute Gasteiger partial charge is 0.371 e. The van der Waals surface area contributed by atoms with Gasteiger partial charge in [-0.15, -0.1) is 0 Å². The van der Waals surface area contributed by atoms with Crippen molar-refractivity contribution in [2.75, 3.05) is 0 Å². The van der Waals surface area contributed by atoms with Crippen molar-refractivity contribution in [3.05, 3.63) is 60.7 Å². The highest BCUT2D eigenvalue weighted by molar-refractivity contribution is 7.01. The minimum absolute atomic E-state index is 1.03. The standard InChI is InChI=1S/C14H16O2Si/c1-17(14(15)16,12-8-4-2-5-9-12)13-10-6-3-7-11-13/h2-11,14-16H,1H3. The molecule has 0 unspecified atom stereocenters. The first-order chi connectivity index (χ1) is 8.15. The van der Waals surface area contributed by atoms with Gasteiger partial charge in [-0.05, 0) is 10.4 Å². The molecule has 2 aromatic rings. The van der Waals surface area contributed by atoms with E-state index < -0.39 is 14.0 Å². The molecule has 3 heteroatoms. The molecule has 2 rings (SSSR count). The van der Waals surface area contributed by atoms with Gasteiger partial charge in [0.1, 0.15) is 5.91 Å². The lowest BCUT2D eigenvalue weighted by Gasteiger charge is -2.30. The van der Waals surface area contributed by atoms with E-state index in [0.29, 0.717) is 0 Å². The van der Waals surface area contributed by atoms with E-state index >= 15 is 0 Å². The normalized spacial score (nSPS) is 11.8. The molecule has 0 bridgehead atoms. The molecule has 0 fully saturated rings. The van der Waals surface area contributed by atoms with E-state index in [-0.39, 0.29) is 0 Å². The molecule has 0 atom stereocenters. The molecular formula is C14H16O2Si. The van der Waals surface area contributed by atoms with Crippen LogP contribution in [0.15, 0.2) is 60.7 Å². The Hall–Kier alpha value is -1.42. The van der Waals surface area contributed by atoms with Crippen molar-refractivity contribution in [1.82, 2.24) is 0 Å². The predicted octanol–water partition coefficient (Wildman–Crippen LogP) is 0.729. The average Bonchev–Trinajstić information content (AvgIpc) is 2.39. The monoisotopic (exact) mass is 244 g/mol. The molecule has 0 aromatic heterocycles. The molecule has 0 amide bonds. The molecule has 0 radical (unpaired) electrons. The fourth-order valence-electron chi connectivity index (χ4n) is 2.03. The van der Waals surface area contributed by atoms with E-state index in [9.17, 15) is 10.2 Å². The van der Waals surface area contributed by atoms with Gasteiger partial charge in [-0.2, -0.15) is 0 Å². The van der Waals surface area contributed by atoms with Gasteiger partial charge in [0.25, 0.3) is 0 Å². The third-order valence-corrected chi connectivity index (χ3v) is 7.36. The molecule has 2 aromatic carbocycles. The lowest BCUT2D eigenvalue weighted by Crippen LogP contribution is -2.64. The van der Waals surface area contributed by atoms with Gasteiger partial charge in [0.2, 0.25) is 0 Å². The van der Waals surface area contributed by atoms with Crippen LogP contribution in [0.4, 0.5) is 0 Å². The van der Waals surface area contributed by atoms with E-state index in [4.69, 9.17) is 0 Å².